The Morgan fingerprint density at radius 1 is 1.39 bits per heavy atom. The highest BCUT2D eigenvalue weighted by molar-refractivity contribution is 8.00. The van der Waals surface area contributed by atoms with Gasteiger partial charge in [-0.25, -0.2) is 0 Å². The molecule has 0 aromatic heterocycles. The second-order valence-corrected chi connectivity index (χ2v) is 6.84. The van der Waals surface area contributed by atoms with Crippen LogP contribution < -0.4 is 10.1 Å². The lowest BCUT2D eigenvalue weighted by Gasteiger charge is -2.17. The lowest BCUT2D eigenvalue weighted by atomic mass is 10.1. The molecule has 1 aliphatic rings. The molecule has 0 spiro atoms. The van der Waals surface area contributed by atoms with Gasteiger partial charge in [0.25, 0.3) is 0 Å². The zero-order valence-electron chi connectivity index (χ0n) is 11.7. The third kappa shape index (κ3) is 3.58. The van der Waals surface area contributed by atoms with E-state index in [-0.39, 0.29) is 6.10 Å². The van der Waals surface area contributed by atoms with Crippen LogP contribution in [0.1, 0.15) is 32.8 Å². The molecule has 0 aliphatic carbocycles. The van der Waals surface area contributed by atoms with Crippen LogP contribution in [0.3, 0.4) is 0 Å². The van der Waals surface area contributed by atoms with Gasteiger partial charge in [-0.3, -0.25) is 0 Å². The first kappa shape index (κ1) is 13.6. The van der Waals surface area contributed by atoms with Gasteiger partial charge in [0.2, 0.25) is 0 Å². The van der Waals surface area contributed by atoms with E-state index in [1.807, 2.05) is 0 Å². The molecule has 1 saturated heterocycles. The van der Waals surface area contributed by atoms with Gasteiger partial charge in [0.05, 0.1) is 6.10 Å². The fourth-order valence-corrected chi connectivity index (χ4v) is 3.43. The summed E-state index contributed by atoms with van der Waals surface area (Å²) in [5.41, 5.74) is 2.50. The summed E-state index contributed by atoms with van der Waals surface area (Å²) in [5, 5.41) is 4.43. The molecule has 0 radical (unpaired) electrons. The van der Waals surface area contributed by atoms with Crippen molar-refractivity contribution >= 4 is 17.4 Å². The highest BCUT2D eigenvalue weighted by atomic mass is 32.2. The first-order valence-electron chi connectivity index (χ1n) is 6.70. The van der Waals surface area contributed by atoms with Crippen LogP contribution >= 0.6 is 11.8 Å². The minimum Gasteiger partial charge on any atom is -0.491 e. The van der Waals surface area contributed by atoms with Crippen LogP contribution in [0.25, 0.3) is 0 Å². The van der Waals surface area contributed by atoms with Crippen molar-refractivity contribution in [2.24, 2.45) is 0 Å². The summed E-state index contributed by atoms with van der Waals surface area (Å²) >= 11 is 2.05. The van der Waals surface area contributed by atoms with Gasteiger partial charge in [0.1, 0.15) is 5.75 Å². The average Bonchev–Trinajstić information content (AvgIpc) is 2.67. The molecule has 0 saturated carbocycles. The average molecular weight is 265 g/mol. The van der Waals surface area contributed by atoms with Crippen molar-refractivity contribution in [3.8, 4) is 5.75 Å². The molecule has 2 rings (SSSR count). The van der Waals surface area contributed by atoms with Crippen LogP contribution in [0.5, 0.6) is 5.75 Å². The van der Waals surface area contributed by atoms with Crippen molar-refractivity contribution in [1.29, 1.82) is 0 Å². The van der Waals surface area contributed by atoms with Crippen molar-refractivity contribution in [3.63, 3.8) is 0 Å². The maximum atomic E-state index is 5.71. The van der Waals surface area contributed by atoms with Crippen LogP contribution in [0.15, 0.2) is 18.2 Å². The van der Waals surface area contributed by atoms with E-state index in [1.165, 1.54) is 23.4 Å². The third-order valence-electron chi connectivity index (χ3n) is 3.13. The fourth-order valence-electron chi connectivity index (χ4n) is 2.28. The first-order chi connectivity index (χ1) is 8.54. The van der Waals surface area contributed by atoms with E-state index < -0.39 is 0 Å². The molecule has 1 N–H and O–H groups in total. The monoisotopic (exact) mass is 265 g/mol. The van der Waals surface area contributed by atoms with Gasteiger partial charge in [-0.05, 0) is 51.0 Å². The summed E-state index contributed by atoms with van der Waals surface area (Å²) < 4.78 is 5.71. The van der Waals surface area contributed by atoms with Crippen LogP contribution in [-0.2, 0) is 0 Å². The molecule has 2 atom stereocenters. The predicted octanol–water partition coefficient (Wildman–Crippen LogP) is 4.09. The standard InChI is InChI=1S/C15H23NOS/c1-10(2)17-14-5-6-15(11(3)7-14)16-13-8-12(4)18-9-13/h5-7,10,12-13,16H,8-9H2,1-4H3. The number of hydrogen-bond acceptors (Lipinski definition) is 3. The minimum atomic E-state index is 0.232. The number of hydrogen-bond donors (Lipinski definition) is 1. The lowest BCUT2D eigenvalue weighted by molar-refractivity contribution is 0.242. The third-order valence-corrected chi connectivity index (χ3v) is 4.48. The van der Waals surface area contributed by atoms with Crippen LogP contribution in [-0.4, -0.2) is 23.1 Å². The molecule has 1 fully saturated rings. The summed E-state index contributed by atoms with van der Waals surface area (Å²) in [6.07, 6.45) is 1.49. The minimum absolute atomic E-state index is 0.232. The number of ether oxygens (including phenoxy) is 1. The summed E-state index contributed by atoms with van der Waals surface area (Å²) in [5.74, 6) is 2.17. The Morgan fingerprint density at radius 3 is 2.72 bits per heavy atom. The highest BCUT2D eigenvalue weighted by Gasteiger charge is 2.21. The Kier molecular flexibility index (Phi) is 4.44. The van der Waals surface area contributed by atoms with Crippen LogP contribution in [0.2, 0.25) is 0 Å². The van der Waals surface area contributed by atoms with Crippen LogP contribution in [0, 0.1) is 6.92 Å². The molecule has 18 heavy (non-hydrogen) atoms. The van der Waals surface area contributed by atoms with Gasteiger partial charge >= 0.3 is 0 Å². The zero-order chi connectivity index (χ0) is 13.1. The Balaban J connectivity index is 2.01. The predicted molar refractivity (Wildman–Crippen MR) is 80.9 cm³/mol. The molecule has 1 heterocycles. The quantitative estimate of drug-likeness (QED) is 0.886. The second-order valence-electron chi connectivity index (χ2n) is 5.36. The molecule has 2 unspecified atom stereocenters. The molecule has 1 aromatic carbocycles. The van der Waals surface area contributed by atoms with Gasteiger partial charge in [0, 0.05) is 22.7 Å². The van der Waals surface area contributed by atoms with Crippen molar-refractivity contribution in [2.75, 3.05) is 11.1 Å². The number of anilines is 1. The van der Waals surface area contributed by atoms with Crippen molar-refractivity contribution in [3.05, 3.63) is 23.8 Å². The zero-order valence-corrected chi connectivity index (χ0v) is 12.5. The molecule has 100 valence electrons. The Hall–Kier alpha value is -0.830. The van der Waals surface area contributed by atoms with E-state index in [9.17, 15) is 0 Å². The van der Waals surface area contributed by atoms with E-state index in [0.717, 1.165) is 11.0 Å². The van der Waals surface area contributed by atoms with E-state index >= 15 is 0 Å². The molecular weight excluding hydrogens is 242 g/mol. The Bertz CT molecular complexity index is 405. The topological polar surface area (TPSA) is 21.3 Å². The summed E-state index contributed by atoms with van der Waals surface area (Å²) in [6.45, 7) is 8.55. The molecule has 1 aromatic rings. The van der Waals surface area contributed by atoms with Gasteiger partial charge in [-0.1, -0.05) is 6.92 Å². The van der Waals surface area contributed by atoms with Crippen molar-refractivity contribution < 1.29 is 4.74 Å². The molecule has 0 bridgehead atoms. The van der Waals surface area contributed by atoms with Crippen molar-refractivity contribution in [1.82, 2.24) is 0 Å². The first-order valence-corrected chi connectivity index (χ1v) is 7.75. The van der Waals surface area contributed by atoms with E-state index in [1.54, 1.807) is 0 Å². The number of nitrogens with one attached hydrogen (secondary N) is 1. The van der Waals surface area contributed by atoms with Gasteiger partial charge in [-0.2, -0.15) is 11.8 Å². The smallest absolute Gasteiger partial charge is 0.120 e. The normalized spacial score (nSPS) is 23.4. The van der Waals surface area contributed by atoms with E-state index in [2.05, 4.69) is 63.0 Å². The molecular formula is C15H23NOS. The fraction of sp³-hybridized carbons (Fsp3) is 0.600. The Labute approximate surface area is 114 Å². The summed E-state index contributed by atoms with van der Waals surface area (Å²) in [4.78, 5) is 0. The highest BCUT2D eigenvalue weighted by Crippen LogP contribution is 2.30. The van der Waals surface area contributed by atoms with Gasteiger partial charge < -0.3 is 10.1 Å². The van der Waals surface area contributed by atoms with Gasteiger partial charge in [0.15, 0.2) is 0 Å². The molecule has 3 heteroatoms. The second kappa shape index (κ2) is 5.87. The number of benzene rings is 1. The SMILES string of the molecule is Cc1cc(OC(C)C)ccc1NC1CSC(C)C1. The van der Waals surface area contributed by atoms with Gasteiger partial charge in [-0.15, -0.1) is 0 Å². The maximum Gasteiger partial charge on any atom is 0.120 e. The Morgan fingerprint density at radius 2 is 2.17 bits per heavy atom. The van der Waals surface area contributed by atoms with E-state index in [0.29, 0.717) is 6.04 Å². The summed E-state index contributed by atoms with van der Waals surface area (Å²) in [6, 6.07) is 6.93. The largest absolute Gasteiger partial charge is 0.491 e. The lowest BCUT2D eigenvalue weighted by Crippen LogP contribution is -2.19. The van der Waals surface area contributed by atoms with E-state index in [4.69, 9.17) is 4.74 Å². The summed E-state index contributed by atoms with van der Waals surface area (Å²) in [7, 11) is 0. The number of thioether (sulfide) groups is 1. The maximum absolute atomic E-state index is 5.71. The number of aryl methyl sites for hydroxylation is 1. The molecule has 2 nitrogen and oxygen atoms in total. The molecule has 1 aliphatic heterocycles. The van der Waals surface area contributed by atoms with Crippen LogP contribution in [0.4, 0.5) is 5.69 Å². The number of rotatable bonds is 4. The van der Waals surface area contributed by atoms with Crippen molar-refractivity contribution in [2.45, 2.75) is 51.5 Å². The molecule has 0 amide bonds.